The third kappa shape index (κ3) is 4.64. The summed E-state index contributed by atoms with van der Waals surface area (Å²) in [4.78, 5) is 6.85. The van der Waals surface area contributed by atoms with Gasteiger partial charge >= 0.3 is 0 Å². The van der Waals surface area contributed by atoms with Crippen LogP contribution in [0.3, 0.4) is 0 Å². The van der Waals surface area contributed by atoms with Gasteiger partial charge in [-0.3, -0.25) is 9.67 Å². The summed E-state index contributed by atoms with van der Waals surface area (Å²) in [6, 6.07) is 13.3. The smallest absolute Gasteiger partial charge is 0.193 e. The molecule has 5 heteroatoms. The number of hydrogen-bond acceptors (Lipinski definition) is 2. The lowest BCUT2D eigenvalue weighted by molar-refractivity contribution is 0.375. The lowest BCUT2D eigenvalue weighted by Crippen LogP contribution is -2.44. The van der Waals surface area contributed by atoms with Crippen LogP contribution in [0.4, 0.5) is 0 Å². The van der Waals surface area contributed by atoms with Gasteiger partial charge in [0.1, 0.15) is 0 Å². The molecule has 148 valence electrons. The molecule has 28 heavy (non-hydrogen) atoms. The lowest BCUT2D eigenvalue weighted by Gasteiger charge is -2.31. The SMILES string of the molecule is CN=C(NCc1ccn(C2CCCC2)n1)N1CCC(=Cc2ccccc2)CC1. The molecule has 1 aromatic carbocycles. The third-order valence-corrected chi connectivity index (χ3v) is 5.88. The number of nitrogens with one attached hydrogen (secondary N) is 1. The largest absolute Gasteiger partial charge is 0.351 e. The molecule has 2 aliphatic rings. The Morgan fingerprint density at radius 2 is 1.89 bits per heavy atom. The molecule has 1 saturated heterocycles. The Labute approximate surface area is 168 Å². The second-order valence-electron chi connectivity index (χ2n) is 7.83. The Bertz CT molecular complexity index is 805. The second-order valence-corrected chi connectivity index (χ2v) is 7.83. The molecule has 0 spiro atoms. The number of guanidine groups is 1. The van der Waals surface area contributed by atoms with E-state index in [4.69, 9.17) is 5.10 Å². The Morgan fingerprint density at radius 1 is 1.14 bits per heavy atom. The first-order valence-electron chi connectivity index (χ1n) is 10.6. The summed E-state index contributed by atoms with van der Waals surface area (Å²) in [5.41, 5.74) is 3.91. The van der Waals surface area contributed by atoms with Gasteiger partial charge in [-0.1, -0.05) is 54.8 Å². The van der Waals surface area contributed by atoms with Crippen molar-refractivity contribution >= 4 is 12.0 Å². The maximum atomic E-state index is 4.77. The van der Waals surface area contributed by atoms with Crippen molar-refractivity contribution in [3.05, 3.63) is 59.4 Å². The molecule has 0 amide bonds. The van der Waals surface area contributed by atoms with Crippen LogP contribution in [0.5, 0.6) is 0 Å². The van der Waals surface area contributed by atoms with Crippen molar-refractivity contribution in [2.75, 3.05) is 20.1 Å². The third-order valence-electron chi connectivity index (χ3n) is 5.88. The summed E-state index contributed by atoms with van der Waals surface area (Å²) >= 11 is 0. The van der Waals surface area contributed by atoms with E-state index in [0.717, 1.165) is 44.1 Å². The summed E-state index contributed by atoms with van der Waals surface area (Å²) in [6.45, 7) is 2.75. The summed E-state index contributed by atoms with van der Waals surface area (Å²) in [6.07, 6.45) is 11.9. The molecule has 1 aromatic heterocycles. The van der Waals surface area contributed by atoms with Gasteiger partial charge < -0.3 is 10.2 Å². The molecule has 0 unspecified atom stereocenters. The molecule has 2 heterocycles. The zero-order chi connectivity index (χ0) is 19.2. The monoisotopic (exact) mass is 377 g/mol. The van der Waals surface area contributed by atoms with Gasteiger partial charge in [0, 0.05) is 26.3 Å². The van der Waals surface area contributed by atoms with Crippen molar-refractivity contribution in [2.45, 2.75) is 51.1 Å². The highest BCUT2D eigenvalue weighted by Crippen LogP contribution is 2.28. The van der Waals surface area contributed by atoms with E-state index in [1.165, 1.54) is 36.8 Å². The van der Waals surface area contributed by atoms with Gasteiger partial charge in [-0.05, 0) is 37.3 Å². The second kappa shape index (κ2) is 9.09. The van der Waals surface area contributed by atoms with Crippen molar-refractivity contribution in [1.82, 2.24) is 20.0 Å². The van der Waals surface area contributed by atoms with Gasteiger partial charge in [0.25, 0.3) is 0 Å². The molecule has 1 saturated carbocycles. The van der Waals surface area contributed by atoms with E-state index in [9.17, 15) is 0 Å². The van der Waals surface area contributed by atoms with E-state index >= 15 is 0 Å². The van der Waals surface area contributed by atoms with Crippen LogP contribution in [0.2, 0.25) is 0 Å². The zero-order valence-electron chi connectivity index (χ0n) is 16.8. The van der Waals surface area contributed by atoms with Crippen molar-refractivity contribution in [2.24, 2.45) is 4.99 Å². The van der Waals surface area contributed by atoms with E-state index in [1.807, 2.05) is 7.05 Å². The van der Waals surface area contributed by atoms with Crippen molar-refractivity contribution in [3.63, 3.8) is 0 Å². The highest BCUT2D eigenvalue weighted by molar-refractivity contribution is 5.80. The molecule has 0 radical (unpaired) electrons. The molecule has 0 atom stereocenters. The molecule has 4 rings (SSSR count). The average molecular weight is 378 g/mol. The fourth-order valence-corrected chi connectivity index (χ4v) is 4.28. The molecule has 1 aliphatic carbocycles. The molecule has 0 bridgehead atoms. The molecule has 1 N–H and O–H groups in total. The Hall–Kier alpha value is -2.56. The van der Waals surface area contributed by atoms with Crippen LogP contribution < -0.4 is 5.32 Å². The van der Waals surface area contributed by atoms with Gasteiger partial charge in [0.15, 0.2) is 5.96 Å². The zero-order valence-corrected chi connectivity index (χ0v) is 16.8. The number of piperidine rings is 1. The van der Waals surface area contributed by atoms with Gasteiger partial charge in [0.2, 0.25) is 0 Å². The van der Waals surface area contributed by atoms with E-state index in [-0.39, 0.29) is 0 Å². The van der Waals surface area contributed by atoms with E-state index in [1.54, 1.807) is 0 Å². The van der Waals surface area contributed by atoms with Crippen LogP contribution >= 0.6 is 0 Å². The highest BCUT2D eigenvalue weighted by atomic mass is 15.3. The number of likely N-dealkylation sites (tertiary alicyclic amines) is 1. The number of benzene rings is 1. The van der Waals surface area contributed by atoms with Crippen molar-refractivity contribution in [1.29, 1.82) is 0 Å². The van der Waals surface area contributed by atoms with Gasteiger partial charge in [0.05, 0.1) is 18.3 Å². The number of hydrogen-bond donors (Lipinski definition) is 1. The first kappa shape index (κ1) is 18.8. The number of rotatable bonds is 4. The van der Waals surface area contributed by atoms with Crippen LogP contribution in [0.15, 0.2) is 53.2 Å². The van der Waals surface area contributed by atoms with Crippen LogP contribution in [0.25, 0.3) is 6.08 Å². The van der Waals surface area contributed by atoms with Crippen molar-refractivity contribution < 1.29 is 0 Å². The summed E-state index contributed by atoms with van der Waals surface area (Å²) in [7, 11) is 1.87. The Balaban J connectivity index is 1.29. The van der Waals surface area contributed by atoms with Crippen LogP contribution in [-0.4, -0.2) is 40.8 Å². The molecule has 2 aromatic rings. The normalized spacial score (nSPS) is 18.5. The summed E-state index contributed by atoms with van der Waals surface area (Å²) < 4.78 is 2.16. The Kier molecular flexibility index (Phi) is 6.10. The fraction of sp³-hybridized carbons (Fsp3) is 0.478. The van der Waals surface area contributed by atoms with Crippen LogP contribution in [0, 0.1) is 0 Å². The van der Waals surface area contributed by atoms with Crippen molar-refractivity contribution in [3.8, 4) is 0 Å². The summed E-state index contributed by atoms with van der Waals surface area (Å²) in [5, 5.41) is 8.28. The number of nitrogens with zero attached hydrogens (tertiary/aromatic N) is 4. The minimum Gasteiger partial charge on any atom is -0.351 e. The first-order valence-corrected chi connectivity index (χ1v) is 10.6. The van der Waals surface area contributed by atoms with Crippen LogP contribution in [0.1, 0.15) is 55.8 Å². The molecular weight excluding hydrogens is 346 g/mol. The van der Waals surface area contributed by atoms with Gasteiger partial charge in [-0.2, -0.15) is 5.10 Å². The first-order chi connectivity index (χ1) is 13.8. The number of aromatic nitrogens is 2. The average Bonchev–Trinajstić information content (AvgIpc) is 3.42. The molecule has 1 aliphatic heterocycles. The highest BCUT2D eigenvalue weighted by Gasteiger charge is 2.19. The van der Waals surface area contributed by atoms with Crippen LogP contribution in [-0.2, 0) is 6.54 Å². The Morgan fingerprint density at radius 3 is 2.61 bits per heavy atom. The summed E-state index contributed by atoms with van der Waals surface area (Å²) in [5.74, 6) is 0.981. The van der Waals surface area contributed by atoms with Gasteiger partial charge in [-0.25, -0.2) is 0 Å². The van der Waals surface area contributed by atoms with E-state index in [0.29, 0.717) is 6.04 Å². The topological polar surface area (TPSA) is 45.5 Å². The minimum absolute atomic E-state index is 0.602. The predicted octanol–water partition coefficient (Wildman–Crippen LogP) is 4.25. The number of aliphatic imine (C=N–C) groups is 1. The maximum absolute atomic E-state index is 4.77. The standard InChI is InChI=1S/C23H31N5/c1-24-23(25-18-21-13-16-28(26-21)22-9-5-6-10-22)27-14-11-20(12-15-27)17-19-7-3-2-4-8-19/h2-4,7-8,13,16-17,22H,5-6,9-12,14-15,18H2,1H3,(H,24,25). The lowest BCUT2D eigenvalue weighted by atomic mass is 10.0. The molecule has 5 nitrogen and oxygen atoms in total. The van der Waals surface area contributed by atoms with E-state index < -0.39 is 0 Å². The van der Waals surface area contributed by atoms with E-state index in [2.05, 4.69) is 68.6 Å². The quantitative estimate of drug-likeness (QED) is 0.640. The minimum atomic E-state index is 0.602. The molecule has 2 fully saturated rings. The van der Waals surface area contributed by atoms with Gasteiger partial charge in [-0.15, -0.1) is 0 Å². The maximum Gasteiger partial charge on any atom is 0.193 e. The molecular formula is C23H31N5. The fourth-order valence-electron chi connectivity index (χ4n) is 4.28. The predicted molar refractivity (Wildman–Crippen MR) is 115 cm³/mol.